The summed E-state index contributed by atoms with van der Waals surface area (Å²) in [5.41, 5.74) is 0. The minimum absolute atomic E-state index is 0. The maximum absolute atomic E-state index is 11.7. The molecule has 0 atom stereocenters. The maximum atomic E-state index is 11.7. The molecule has 0 radical (unpaired) electrons. The van der Waals surface area contributed by atoms with Crippen LogP contribution in [0.4, 0.5) is 0 Å². The van der Waals surface area contributed by atoms with Crippen LogP contribution in [-0.2, 0) is 4.79 Å². The van der Waals surface area contributed by atoms with E-state index in [-0.39, 0.29) is 29.6 Å². The number of hydrogen-bond acceptors (Lipinski definition) is 4. The van der Waals surface area contributed by atoms with Crippen LogP contribution in [0.5, 0.6) is 5.75 Å². The predicted octanol–water partition coefficient (Wildman–Crippen LogP) is 4.26. The van der Waals surface area contributed by atoms with E-state index in [9.17, 15) is 4.79 Å². The summed E-state index contributed by atoms with van der Waals surface area (Å²) in [7, 11) is 0. The Bertz CT molecular complexity index is 401. The van der Waals surface area contributed by atoms with E-state index >= 15 is 0 Å². The molecule has 0 spiro atoms. The molecule has 0 saturated heterocycles. The zero-order valence-electron chi connectivity index (χ0n) is 14.5. The van der Waals surface area contributed by atoms with Gasteiger partial charge in [0.1, 0.15) is 5.75 Å². The van der Waals surface area contributed by atoms with Gasteiger partial charge in [0, 0.05) is 13.0 Å². The van der Waals surface area contributed by atoms with Crippen LogP contribution in [0, 0.1) is 0 Å². The molecule has 1 aromatic rings. The average Bonchev–Trinajstić information content (AvgIpc) is 2.57. The van der Waals surface area contributed by atoms with E-state index in [1.54, 1.807) is 12.1 Å². The van der Waals surface area contributed by atoms with Crippen molar-refractivity contribution in [1.82, 2.24) is 5.32 Å². The predicted molar refractivity (Wildman–Crippen MR) is 104 cm³/mol. The molecule has 0 aliphatic rings. The number of rotatable bonds is 14. The van der Waals surface area contributed by atoms with Crippen molar-refractivity contribution in [3.63, 3.8) is 0 Å². The van der Waals surface area contributed by atoms with Crippen molar-refractivity contribution in [2.24, 2.45) is 0 Å². The Morgan fingerprint density at radius 3 is 2.08 bits per heavy atom. The Labute approximate surface area is 156 Å². The Morgan fingerprint density at radius 2 is 1.46 bits per heavy atom. The van der Waals surface area contributed by atoms with Crippen molar-refractivity contribution in [3.8, 4) is 5.75 Å². The summed E-state index contributed by atoms with van der Waals surface area (Å²) in [4.78, 5) is 11.7. The third-order valence-electron chi connectivity index (χ3n) is 3.75. The number of unbranched alkanes of at least 4 members (excludes halogenated alkanes) is 7. The molecule has 1 aromatic carbocycles. The zero-order chi connectivity index (χ0) is 16.6. The summed E-state index contributed by atoms with van der Waals surface area (Å²) in [5.74, 6) is 0.498. The lowest BCUT2D eigenvalue weighted by molar-refractivity contribution is -0.134. The second-order valence-electron chi connectivity index (χ2n) is 5.84. The first kappa shape index (κ1) is 23.1. The molecular formula is C19H32BrNO3. The second-order valence-corrected chi connectivity index (χ2v) is 5.84. The monoisotopic (exact) mass is 401 g/mol. The van der Waals surface area contributed by atoms with Crippen LogP contribution >= 0.6 is 17.0 Å². The molecule has 0 aromatic heterocycles. The van der Waals surface area contributed by atoms with Gasteiger partial charge in [-0.25, -0.2) is 0 Å². The highest BCUT2D eigenvalue weighted by molar-refractivity contribution is 8.93. The molecule has 138 valence electrons. The number of halogens is 1. The van der Waals surface area contributed by atoms with Gasteiger partial charge < -0.3 is 15.2 Å². The number of aliphatic hydroxyl groups excluding tert-OH is 1. The first-order valence-corrected chi connectivity index (χ1v) is 8.90. The topological polar surface area (TPSA) is 58.6 Å². The Balaban J connectivity index is 0.00000529. The highest BCUT2D eigenvalue weighted by Gasteiger charge is 2.03. The van der Waals surface area contributed by atoms with Gasteiger partial charge in [0.15, 0.2) is 0 Å². The lowest BCUT2D eigenvalue weighted by Gasteiger charge is -2.05. The van der Waals surface area contributed by atoms with Crippen molar-refractivity contribution in [1.29, 1.82) is 0 Å². The van der Waals surface area contributed by atoms with Crippen LogP contribution in [0.15, 0.2) is 30.3 Å². The van der Waals surface area contributed by atoms with Crippen molar-refractivity contribution < 1.29 is 14.6 Å². The van der Waals surface area contributed by atoms with E-state index in [0.717, 1.165) is 19.4 Å². The van der Waals surface area contributed by atoms with Gasteiger partial charge in [-0.05, 0) is 31.5 Å². The van der Waals surface area contributed by atoms with Gasteiger partial charge in [0.05, 0.1) is 6.61 Å². The molecule has 0 saturated carbocycles. The molecule has 0 bridgehead atoms. The van der Waals surface area contributed by atoms with E-state index in [1.165, 1.54) is 38.5 Å². The van der Waals surface area contributed by atoms with Crippen molar-refractivity contribution in [2.75, 3.05) is 19.7 Å². The summed E-state index contributed by atoms with van der Waals surface area (Å²) in [5, 5.41) is 11.8. The Hall–Kier alpha value is -0.910. The van der Waals surface area contributed by atoms with Gasteiger partial charge in [-0.3, -0.25) is 4.79 Å². The number of carbonyl (C=O) groups excluding carboxylic acids is 1. The summed E-state index contributed by atoms with van der Waals surface area (Å²) in [6.45, 7) is 1.93. The van der Waals surface area contributed by atoms with Crippen LogP contribution in [0.2, 0.25) is 0 Å². The van der Waals surface area contributed by atoms with E-state index in [2.05, 4.69) is 5.32 Å². The van der Waals surface area contributed by atoms with Crippen molar-refractivity contribution in [3.05, 3.63) is 30.3 Å². The molecule has 0 unspecified atom stereocenters. The molecule has 5 heteroatoms. The van der Waals surface area contributed by atoms with Gasteiger partial charge >= 0.3 is 5.97 Å². The number of ether oxygens (including phenoxy) is 1. The number of hydrogen-bond donors (Lipinski definition) is 2. The minimum atomic E-state index is -0.133. The second kappa shape index (κ2) is 16.9. The Kier molecular flexibility index (Phi) is 16.3. The Morgan fingerprint density at radius 1 is 0.875 bits per heavy atom. The normalized spacial score (nSPS) is 10.2. The number of aliphatic hydroxyl groups is 1. The van der Waals surface area contributed by atoms with Crippen molar-refractivity contribution >= 4 is 23.0 Å². The molecule has 1 rings (SSSR count). The smallest absolute Gasteiger partial charge is 0.311 e. The quantitative estimate of drug-likeness (QED) is 0.277. The fraction of sp³-hybridized carbons (Fsp3) is 0.632. The van der Waals surface area contributed by atoms with Gasteiger partial charge in [-0.15, -0.1) is 17.0 Å². The summed E-state index contributed by atoms with van der Waals surface area (Å²) < 4.78 is 5.25. The lowest BCUT2D eigenvalue weighted by atomic mass is 10.1. The molecule has 0 aliphatic carbocycles. The van der Waals surface area contributed by atoms with Gasteiger partial charge in [-0.2, -0.15) is 0 Å². The van der Waals surface area contributed by atoms with Crippen LogP contribution in [0.25, 0.3) is 0 Å². The van der Waals surface area contributed by atoms with Gasteiger partial charge in [0.25, 0.3) is 0 Å². The molecule has 24 heavy (non-hydrogen) atoms. The van der Waals surface area contributed by atoms with E-state index in [0.29, 0.717) is 18.7 Å². The molecule has 0 fully saturated rings. The number of benzene rings is 1. The number of para-hydroxylation sites is 1. The first-order valence-electron chi connectivity index (χ1n) is 8.90. The standard InChI is InChI=1S/C19H31NO3.BrH/c21-17-16-20-15-11-6-4-2-1-3-5-10-14-19(22)23-18-12-8-7-9-13-18;/h7-9,12-13,20-21H,1-6,10-11,14-17H2;1H. The van der Waals surface area contributed by atoms with E-state index in [4.69, 9.17) is 9.84 Å². The van der Waals surface area contributed by atoms with Gasteiger partial charge in [-0.1, -0.05) is 56.7 Å². The third kappa shape index (κ3) is 13.5. The average molecular weight is 402 g/mol. The lowest BCUT2D eigenvalue weighted by Crippen LogP contribution is -2.19. The first-order chi connectivity index (χ1) is 11.3. The summed E-state index contributed by atoms with van der Waals surface area (Å²) in [6, 6.07) is 9.24. The summed E-state index contributed by atoms with van der Waals surface area (Å²) >= 11 is 0. The van der Waals surface area contributed by atoms with Crippen LogP contribution in [0.1, 0.15) is 57.8 Å². The third-order valence-corrected chi connectivity index (χ3v) is 3.75. The zero-order valence-corrected chi connectivity index (χ0v) is 16.3. The fourth-order valence-electron chi connectivity index (χ4n) is 2.46. The van der Waals surface area contributed by atoms with Gasteiger partial charge in [0.2, 0.25) is 0 Å². The highest BCUT2D eigenvalue weighted by Crippen LogP contribution is 2.12. The number of esters is 1. The highest BCUT2D eigenvalue weighted by atomic mass is 79.9. The fourth-order valence-corrected chi connectivity index (χ4v) is 2.46. The minimum Gasteiger partial charge on any atom is -0.427 e. The molecule has 0 heterocycles. The molecule has 0 aliphatic heterocycles. The SMILES string of the molecule is Br.O=C(CCCCCCCCCCNCCO)Oc1ccccc1. The maximum Gasteiger partial charge on any atom is 0.311 e. The van der Waals surface area contributed by atoms with Crippen molar-refractivity contribution in [2.45, 2.75) is 57.8 Å². The molecule has 2 N–H and O–H groups in total. The number of carbonyl (C=O) groups is 1. The molecule has 0 amide bonds. The van der Waals surface area contributed by atoms with Crippen LogP contribution in [0.3, 0.4) is 0 Å². The van der Waals surface area contributed by atoms with Crippen LogP contribution in [-0.4, -0.2) is 30.8 Å². The largest absolute Gasteiger partial charge is 0.427 e. The van der Waals surface area contributed by atoms with E-state index < -0.39 is 0 Å². The van der Waals surface area contributed by atoms with Crippen LogP contribution < -0.4 is 10.1 Å². The number of nitrogens with one attached hydrogen (secondary N) is 1. The van der Waals surface area contributed by atoms with E-state index in [1.807, 2.05) is 18.2 Å². The molecule has 4 nitrogen and oxygen atoms in total. The summed E-state index contributed by atoms with van der Waals surface area (Å²) in [6.07, 6.45) is 9.95. The molecular weight excluding hydrogens is 370 g/mol.